The molecule has 0 fully saturated rings. The first-order valence-electron chi connectivity index (χ1n) is 5.62. The number of nitrogens with zero attached hydrogens (tertiary/aromatic N) is 2. The molecule has 1 aromatic carbocycles. The van der Waals surface area contributed by atoms with Gasteiger partial charge in [0.2, 0.25) is 0 Å². The van der Waals surface area contributed by atoms with Gasteiger partial charge < -0.3 is 5.73 Å². The van der Waals surface area contributed by atoms with Crippen LogP contribution in [0.25, 0.3) is 0 Å². The number of hydrogen-bond acceptors (Lipinski definition) is 3. The topological polar surface area (TPSA) is 60.9 Å². The van der Waals surface area contributed by atoms with Crippen LogP contribution >= 0.6 is 0 Å². The molecule has 94 valence electrons. The van der Waals surface area contributed by atoms with Crippen LogP contribution in [0.1, 0.15) is 16.8 Å². The zero-order valence-corrected chi connectivity index (χ0v) is 10.1. The summed E-state index contributed by atoms with van der Waals surface area (Å²) >= 11 is 0. The molecule has 18 heavy (non-hydrogen) atoms. The van der Waals surface area contributed by atoms with Crippen LogP contribution in [0, 0.1) is 12.7 Å². The SMILES string of the molecule is Cc1ccc(=O)n(Cc2ccc(F)c(CN)c2)n1. The normalized spacial score (nSPS) is 10.6. The zero-order valence-electron chi connectivity index (χ0n) is 10.1. The highest BCUT2D eigenvalue weighted by atomic mass is 19.1. The molecule has 0 spiro atoms. The van der Waals surface area contributed by atoms with Gasteiger partial charge in [0, 0.05) is 18.2 Å². The lowest BCUT2D eigenvalue weighted by Crippen LogP contribution is -2.23. The van der Waals surface area contributed by atoms with E-state index < -0.39 is 0 Å². The van der Waals surface area contributed by atoms with Gasteiger partial charge in [0.15, 0.2) is 0 Å². The van der Waals surface area contributed by atoms with E-state index in [1.54, 1.807) is 18.2 Å². The lowest BCUT2D eigenvalue weighted by atomic mass is 10.1. The second-order valence-electron chi connectivity index (χ2n) is 4.10. The highest BCUT2D eigenvalue weighted by molar-refractivity contribution is 5.25. The summed E-state index contributed by atoms with van der Waals surface area (Å²) in [6.45, 7) is 2.26. The number of nitrogens with two attached hydrogens (primary N) is 1. The largest absolute Gasteiger partial charge is 0.326 e. The van der Waals surface area contributed by atoms with Gasteiger partial charge in [-0.25, -0.2) is 9.07 Å². The molecule has 0 bridgehead atoms. The van der Waals surface area contributed by atoms with Crippen molar-refractivity contribution in [2.24, 2.45) is 5.73 Å². The quantitative estimate of drug-likeness (QED) is 0.886. The van der Waals surface area contributed by atoms with E-state index in [0.717, 1.165) is 11.3 Å². The first-order chi connectivity index (χ1) is 8.60. The Labute approximate surface area is 104 Å². The number of benzene rings is 1. The third kappa shape index (κ3) is 2.62. The number of aryl methyl sites for hydroxylation is 1. The van der Waals surface area contributed by atoms with Crippen molar-refractivity contribution in [3.8, 4) is 0 Å². The summed E-state index contributed by atoms with van der Waals surface area (Å²) in [7, 11) is 0. The summed E-state index contributed by atoms with van der Waals surface area (Å²) in [5.41, 5.74) is 7.26. The van der Waals surface area contributed by atoms with E-state index in [1.165, 1.54) is 16.8 Å². The van der Waals surface area contributed by atoms with Crippen LogP contribution in [-0.2, 0) is 13.1 Å². The molecular weight excluding hydrogens is 233 g/mol. The molecule has 2 aromatic rings. The molecular formula is C13H14FN3O. The van der Waals surface area contributed by atoms with E-state index in [4.69, 9.17) is 5.73 Å². The maximum absolute atomic E-state index is 13.3. The number of rotatable bonds is 3. The molecule has 0 aliphatic rings. The van der Waals surface area contributed by atoms with Crippen LogP contribution in [0.5, 0.6) is 0 Å². The summed E-state index contributed by atoms with van der Waals surface area (Å²) in [6, 6.07) is 7.78. The van der Waals surface area contributed by atoms with Crippen LogP contribution in [0.3, 0.4) is 0 Å². The first kappa shape index (κ1) is 12.4. The molecule has 0 atom stereocenters. The third-order valence-corrected chi connectivity index (χ3v) is 2.66. The second-order valence-corrected chi connectivity index (χ2v) is 4.10. The fourth-order valence-corrected chi connectivity index (χ4v) is 1.72. The van der Waals surface area contributed by atoms with Crippen LogP contribution in [0.2, 0.25) is 0 Å². The van der Waals surface area contributed by atoms with Gasteiger partial charge in [-0.2, -0.15) is 5.10 Å². The van der Waals surface area contributed by atoms with Crippen LogP contribution in [0.4, 0.5) is 4.39 Å². The van der Waals surface area contributed by atoms with E-state index in [-0.39, 0.29) is 17.9 Å². The van der Waals surface area contributed by atoms with Gasteiger partial charge in [0.25, 0.3) is 5.56 Å². The van der Waals surface area contributed by atoms with Crippen LogP contribution in [0.15, 0.2) is 35.1 Å². The Morgan fingerprint density at radius 1 is 1.33 bits per heavy atom. The number of halogens is 1. The lowest BCUT2D eigenvalue weighted by molar-refractivity contribution is 0.602. The Balaban J connectivity index is 2.34. The van der Waals surface area contributed by atoms with Crippen molar-refractivity contribution < 1.29 is 4.39 Å². The zero-order chi connectivity index (χ0) is 13.1. The standard InChI is InChI=1S/C13H14FN3O/c1-9-2-5-13(18)17(16-9)8-10-3-4-12(14)11(6-10)7-15/h2-6H,7-8,15H2,1H3. The Hall–Kier alpha value is -2.01. The molecule has 0 saturated carbocycles. The molecule has 1 heterocycles. The van der Waals surface area contributed by atoms with Gasteiger partial charge in [-0.1, -0.05) is 6.07 Å². The summed E-state index contributed by atoms with van der Waals surface area (Å²) < 4.78 is 14.6. The minimum absolute atomic E-state index is 0.135. The number of aromatic nitrogens is 2. The lowest BCUT2D eigenvalue weighted by Gasteiger charge is -2.07. The minimum atomic E-state index is -0.328. The minimum Gasteiger partial charge on any atom is -0.326 e. The molecule has 4 nitrogen and oxygen atoms in total. The van der Waals surface area contributed by atoms with Gasteiger partial charge in [0.1, 0.15) is 5.82 Å². The molecule has 5 heteroatoms. The van der Waals surface area contributed by atoms with E-state index in [0.29, 0.717) is 12.1 Å². The van der Waals surface area contributed by atoms with Crippen LogP contribution in [-0.4, -0.2) is 9.78 Å². The van der Waals surface area contributed by atoms with Crippen molar-refractivity contribution in [1.82, 2.24) is 9.78 Å². The van der Waals surface area contributed by atoms with Crippen LogP contribution < -0.4 is 11.3 Å². The monoisotopic (exact) mass is 247 g/mol. The van der Waals surface area contributed by atoms with E-state index >= 15 is 0 Å². The van der Waals surface area contributed by atoms with Gasteiger partial charge in [0.05, 0.1) is 12.2 Å². The maximum atomic E-state index is 13.3. The average molecular weight is 247 g/mol. The van der Waals surface area contributed by atoms with Crippen molar-refractivity contribution in [3.05, 3.63) is 63.3 Å². The molecule has 1 aromatic heterocycles. The summed E-state index contributed by atoms with van der Waals surface area (Å²) in [5.74, 6) is -0.328. The molecule has 0 aliphatic heterocycles. The molecule has 0 unspecified atom stereocenters. The van der Waals surface area contributed by atoms with Crippen molar-refractivity contribution >= 4 is 0 Å². The van der Waals surface area contributed by atoms with Crippen molar-refractivity contribution in [2.75, 3.05) is 0 Å². The highest BCUT2D eigenvalue weighted by Gasteiger charge is 2.04. The predicted molar refractivity (Wildman–Crippen MR) is 66.6 cm³/mol. The fraction of sp³-hybridized carbons (Fsp3) is 0.231. The van der Waals surface area contributed by atoms with E-state index in [9.17, 15) is 9.18 Å². The number of hydrogen-bond donors (Lipinski definition) is 1. The average Bonchev–Trinajstić information content (AvgIpc) is 2.36. The molecule has 0 aliphatic carbocycles. The first-order valence-corrected chi connectivity index (χ1v) is 5.62. The Morgan fingerprint density at radius 2 is 2.11 bits per heavy atom. The van der Waals surface area contributed by atoms with Gasteiger partial charge in [-0.15, -0.1) is 0 Å². The van der Waals surface area contributed by atoms with Crippen molar-refractivity contribution in [3.63, 3.8) is 0 Å². The molecule has 2 N–H and O–H groups in total. The fourth-order valence-electron chi connectivity index (χ4n) is 1.72. The molecule has 0 amide bonds. The third-order valence-electron chi connectivity index (χ3n) is 2.66. The maximum Gasteiger partial charge on any atom is 0.267 e. The molecule has 0 saturated heterocycles. The molecule has 2 rings (SSSR count). The smallest absolute Gasteiger partial charge is 0.267 e. The summed E-state index contributed by atoms with van der Waals surface area (Å²) in [6.07, 6.45) is 0. The summed E-state index contributed by atoms with van der Waals surface area (Å²) in [5, 5.41) is 4.13. The van der Waals surface area contributed by atoms with Gasteiger partial charge in [-0.3, -0.25) is 4.79 Å². The van der Waals surface area contributed by atoms with E-state index in [2.05, 4.69) is 5.10 Å². The van der Waals surface area contributed by atoms with Crippen molar-refractivity contribution in [2.45, 2.75) is 20.0 Å². The predicted octanol–water partition coefficient (Wildman–Crippen LogP) is 1.20. The van der Waals surface area contributed by atoms with E-state index in [1.807, 2.05) is 6.92 Å². The Kier molecular flexibility index (Phi) is 3.53. The second kappa shape index (κ2) is 5.10. The Bertz CT molecular complexity index is 622. The van der Waals surface area contributed by atoms with Gasteiger partial charge in [-0.05, 0) is 30.7 Å². The highest BCUT2D eigenvalue weighted by Crippen LogP contribution is 2.10. The van der Waals surface area contributed by atoms with Crippen molar-refractivity contribution in [1.29, 1.82) is 0 Å². The van der Waals surface area contributed by atoms with Gasteiger partial charge >= 0.3 is 0 Å². The molecule has 0 radical (unpaired) electrons. The Morgan fingerprint density at radius 3 is 2.83 bits per heavy atom. The summed E-state index contributed by atoms with van der Waals surface area (Å²) in [4.78, 5) is 11.6.